The molecular weight excluding hydrogens is 759 g/mol. The van der Waals surface area contributed by atoms with Crippen molar-refractivity contribution in [3.05, 3.63) is 59.7 Å². The van der Waals surface area contributed by atoms with E-state index in [0.29, 0.717) is 43.8 Å². The quantitative estimate of drug-likeness (QED) is 0.0994. The lowest BCUT2D eigenvalue weighted by Gasteiger charge is -2.62. The number of rotatable bonds is 12. The number of fused-ring (bicyclic) bond motifs is 5. The number of phenols is 1. The van der Waals surface area contributed by atoms with Gasteiger partial charge in [0.1, 0.15) is 29.7 Å². The summed E-state index contributed by atoms with van der Waals surface area (Å²) in [7, 11) is 4.15. The second kappa shape index (κ2) is 18.5. The number of para-hydroxylation sites is 1. The van der Waals surface area contributed by atoms with E-state index in [-0.39, 0.29) is 70.2 Å². The van der Waals surface area contributed by atoms with Crippen LogP contribution in [0.4, 0.5) is 9.59 Å². The van der Waals surface area contributed by atoms with E-state index in [1.807, 2.05) is 0 Å². The molecule has 3 amide bonds. The Kier molecular flexibility index (Phi) is 13.7. The number of alkyl carbamates (subject to hydrolysis) is 1. The van der Waals surface area contributed by atoms with E-state index < -0.39 is 36.2 Å². The van der Waals surface area contributed by atoms with E-state index >= 15 is 0 Å². The monoisotopic (exact) mass is 819 g/mol. The summed E-state index contributed by atoms with van der Waals surface area (Å²) in [6.45, 7) is 6.82. The zero-order valence-corrected chi connectivity index (χ0v) is 35.1. The summed E-state index contributed by atoms with van der Waals surface area (Å²) in [6.07, 6.45) is 5.71. The van der Waals surface area contributed by atoms with E-state index in [1.54, 1.807) is 36.4 Å². The van der Waals surface area contributed by atoms with E-state index in [2.05, 4.69) is 36.9 Å². The van der Waals surface area contributed by atoms with E-state index in [0.717, 1.165) is 37.7 Å². The highest BCUT2D eigenvalue weighted by atomic mass is 16.6. The number of carbonyl (C=O) groups is 5. The third-order valence-electron chi connectivity index (χ3n) is 14.8. The molecule has 2 aromatic carbocycles. The van der Waals surface area contributed by atoms with Gasteiger partial charge < -0.3 is 34.1 Å². The van der Waals surface area contributed by atoms with Crippen LogP contribution in [0.25, 0.3) is 0 Å². The molecule has 59 heavy (non-hydrogen) atoms. The third kappa shape index (κ3) is 9.26. The molecular formula is C45H61N3O11. The molecule has 0 aromatic heterocycles. The third-order valence-corrected chi connectivity index (χ3v) is 14.8. The number of methoxy groups -OCH3 is 3. The molecule has 0 radical (unpaired) electrons. The van der Waals surface area contributed by atoms with Crippen molar-refractivity contribution in [2.75, 3.05) is 21.3 Å². The van der Waals surface area contributed by atoms with Crippen molar-refractivity contribution >= 4 is 30.0 Å². The first-order valence-corrected chi connectivity index (χ1v) is 21.0. The van der Waals surface area contributed by atoms with E-state index in [1.165, 1.54) is 33.5 Å². The molecule has 0 aliphatic heterocycles. The van der Waals surface area contributed by atoms with Crippen molar-refractivity contribution in [2.45, 2.75) is 110 Å². The highest BCUT2D eigenvalue weighted by molar-refractivity contribution is 5.97. The van der Waals surface area contributed by atoms with Gasteiger partial charge in [0.05, 0.1) is 26.9 Å². The molecule has 6 rings (SSSR count). The topological polar surface area (TPSA) is 188 Å². The molecule has 4 saturated carbocycles. The van der Waals surface area contributed by atoms with Gasteiger partial charge in [-0.1, -0.05) is 45.0 Å². The number of phenolic OH excluding ortho intramolecular Hbond substituents is 1. The predicted molar refractivity (Wildman–Crippen MR) is 216 cm³/mol. The number of hydrogen-bond acceptors (Lipinski definition) is 11. The van der Waals surface area contributed by atoms with Crippen LogP contribution in [0.3, 0.4) is 0 Å². The lowest BCUT2D eigenvalue weighted by molar-refractivity contribution is -0.175. The number of hydrogen-bond donors (Lipinski definition) is 4. The summed E-state index contributed by atoms with van der Waals surface area (Å²) in [5, 5.41) is 12.6. The van der Waals surface area contributed by atoms with Crippen LogP contribution < -0.4 is 20.9 Å². The Labute approximate surface area is 346 Å². The molecule has 4 aliphatic carbocycles. The van der Waals surface area contributed by atoms with Gasteiger partial charge in [0, 0.05) is 18.3 Å². The molecule has 4 N–H and O–H groups in total. The fourth-order valence-corrected chi connectivity index (χ4v) is 11.7. The van der Waals surface area contributed by atoms with Crippen molar-refractivity contribution in [3.8, 4) is 11.5 Å². The highest BCUT2D eigenvalue weighted by Crippen LogP contribution is 2.69. The van der Waals surface area contributed by atoms with Gasteiger partial charge in [0.15, 0.2) is 0 Å². The number of amides is 3. The molecule has 322 valence electrons. The smallest absolute Gasteiger partial charge is 0.426 e. The number of aromatic hydroxyl groups is 1. The fourth-order valence-electron chi connectivity index (χ4n) is 11.7. The normalized spacial score (nSPS) is 30.4. The second-order valence-corrected chi connectivity index (χ2v) is 17.6. The standard InChI is InChI=1S/C45H61N3O11/c1-26(11-20-39(50)56-5)33-18-19-34-31-17-14-28-24-30(58-43(54)48-47-40(51)32-9-7-8-10-37(32)55-4)21-22-44(28,2)35(31)25-38(45(33,34)3)59-42(53)46-36(41(52)57-6)23-27-12-15-29(49)16-13-27/h7-10,12-13,15-16,26,28,30-31,33-36,38,49H,11,14,17-25H2,1-6H3,(H,46,53)(H,47,51)(H,48,54)/t26-,28-,30-,31+,33-,34+,35+,36+,38+,44+,45-/m1/s1. The minimum absolute atomic E-state index is 0.0948. The Morgan fingerprint density at radius 2 is 1.58 bits per heavy atom. The van der Waals surface area contributed by atoms with Crippen molar-refractivity contribution in [1.29, 1.82) is 0 Å². The Hall–Kier alpha value is -5.01. The van der Waals surface area contributed by atoms with E-state index in [9.17, 15) is 29.1 Å². The molecule has 4 fully saturated rings. The zero-order chi connectivity index (χ0) is 42.5. The maximum absolute atomic E-state index is 14.0. The number of carbonyl (C=O) groups excluding carboxylic acids is 5. The summed E-state index contributed by atoms with van der Waals surface area (Å²) in [4.78, 5) is 64.8. The largest absolute Gasteiger partial charge is 0.508 e. The molecule has 2 aromatic rings. The van der Waals surface area contributed by atoms with Crippen LogP contribution >= 0.6 is 0 Å². The molecule has 4 aliphatic rings. The predicted octanol–water partition coefficient (Wildman–Crippen LogP) is 6.88. The SMILES string of the molecule is COC(=O)CC[C@@H](C)[C@H]1CC[C@H]2[C@@H]3CC[C@@H]4C[C@H](OC(=O)NNC(=O)c5ccccc5OC)CC[C@]4(C)[C@H]3C[C@H](OC(=O)N[C@@H](Cc3ccc(O)cc3)C(=O)OC)[C@]12C. The molecule has 14 heteroatoms. The Bertz CT molecular complexity index is 1840. The first kappa shape index (κ1) is 43.6. The van der Waals surface area contributed by atoms with Gasteiger partial charge in [0.2, 0.25) is 0 Å². The van der Waals surface area contributed by atoms with Gasteiger partial charge in [-0.15, -0.1) is 0 Å². The van der Waals surface area contributed by atoms with Gasteiger partial charge >= 0.3 is 24.1 Å². The number of hydrazine groups is 1. The van der Waals surface area contributed by atoms with Crippen LogP contribution in [0, 0.1) is 46.3 Å². The Morgan fingerprint density at radius 1 is 0.831 bits per heavy atom. The van der Waals surface area contributed by atoms with Crippen LogP contribution in [0.2, 0.25) is 0 Å². The highest BCUT2D eigenvalue weighted by Gasteiger charge is 2.65. The lowest BCUT2D eigenvalue weighted by atomic mass is 9.43. The summed E-state index contributed by atoms with van der Waals surface area (Å²) < 4.78 is 27.7. The van der Waals surface area contributed by atoms with Crippen molar-refractivity contribution in [1.82, 2.24) is 16.2 Å². The van der Waals surface area contributed by atoms with Crippen LogP contribution in [0.1, 0.15) is 101 Å². The average Bonchev–Trinajstić information content (AvgIpc) is 3.60. The van der Waals surface area contributed by atoms with Gasteiger partial charge in [-0.25, -0.2) is 19.8 Å². The first-order valence-electron chi connectivity index (χ1n) is 21.0. The summed E-state index contributed by atoms with van der Waals surface area (Å²) in [5.74, 6) is 0.683. The maximum atomic E-state index is 14.0. The van der Waals surface area contributed by atoms with E-state index in [4.69, 9.17) is 23.7 Å². The first-order chi connectivity index (χ1) is 28.2. The van der Waals surface area contributed by atoms with Crippen molar-refractivity contribution in [3.63, 3.8) is 0 Å². The number of ether oxygens (including phenoxy) is 5. The number of nitrogens with one attached hydrogen (secondary N) is 3. The number of benzene rings is 2. The summed E-state index contributed by atoms with van der Waals surface area (Å²) in [5.41, 5.74) is 5.36. The van der Waals surface area contributed by atoms with Crippen LogP contribution in [-0.4, -0.2) is 74.7 Å². The maximum Gasteiger partial charge on any atom is 0.426 e. The van der Waals surface area contributed by atoms with Crippen LogP contribution in [0.5, 0.6) is 11.5 Å². The minimum atomic E-state index is -1.01. The van der Waals surface area contributed by atoms with Crippen molar-refractivity contribution in [2.24, 2.45) is 46.3 Å². The van der Waals surface area contributed by atoms with Crippen LogP contribution in [-0.2, 0) is 35.0 Å². The average molecular weight is 820 g/mol. The molecule has 0 spiro atoms. The Balaban J connectivity index is 1.17. The van der Waals surface area contributed by atoms with Crippen LogP contribution in [0.15, 0.2) is 48.5 Å². The van der Waals surface area contributed by atoms with Gasteiger partial charge in [-0.2, -0.15) is 0 Å². The zero-order valence-electron chi connectivity index (χ0n) is 35.1. The summed E-state index contributed by atoms with van der Waals surface area (Å²) in [6, 6.07) is 12.2. The molecule has 0 unspecified atom stereocenters. The molecule has 0 heterocycles. The summed E-state index contributed by atoms with van der Waals surface area (Å²) >= 11 is 0. The molecule has 0 saturated heterocycles. The van der Waals surface area contributed by atoms with Crippen molar-refractivity contribution < 1.29 is 52.8 Å². The number of esters is 2. The lowest BCUT2D eigenvalue weighted by Crippen LogP contribution is -2.60. The molecule has 14 nitrogen and oxygen atoms in total. The van der Waals surface area contributed by atoms with Gasteiger partial charge in [0.25, 0.3) is 5.91 Å². The minimum Gasteiger partial charge on any atom is -0.508 e. The Morgan fingerprint density at radius 3 is 2.29 bits per heavy atom. The molecule has 11 atom stereocenters. The van der Waals surface area contributed by atoms with Gasteiger partial charge in [-0.3, -0.25) is 15.0 Å². The van der Waals surface area contributed by atoms with Gasteiger partial charge in [-0.05, 0) is 129 Å². The second-order valence-electron chi connectivity index (χ2n) is 17.6. The molecule has 0 bridgehead atoms. The fraction of sp³-hybridized carbons (Fsp3) is 0.622.